The zero-order valence-electron chi connectivity index (χ0n) is 10.1. The molecular weight excluding hydrogens is 258 g/mol. The average Bonchev–Trinajstić information content (AvgIpc) is 2.28. The summed E-state index contributed by atoms with van der Waals surface area (Å²) in [5.41, 5.74) is 0. The fourth-order valence-electron chi connectivity index (χ4n) is 1.17. The molecule has 0 fully saturated rings. The zero-order chi connectivity index (χ0) is 13.8. The molecule has 100 valence electrons. The number of aromatic nitrogens is 1. The summed E-state index contributed by atoms with van der Waals surface area (Å²) in [5.74, 6) is -0.418. The number of pyridine rings is 1. The van der Waals surface area contributed by atoms with Crippen molar-refractivity contribution in [2.75, 3.05) is 25.5 Å². The number of rotatable bonds is 6. The lowest BCUT2D eigenvalue weighted by molar-refractivity contribution is -0.136. The van der Waals surface area contributed by atoms with Crippen LogP contribution in [0, 0.1) is 0 Å². The summed E-state index contributed by atoms with van der Waals surface area (Å²) in [4.78, 5) is 16.0. The molecule has 7 nitrogen and oxygen atoms in total. The van der Waals surface area contributed by atoms with Gasteiger partial charge in [-0.2, -0.15) is 0 Å². The van der Waals surface area contributed by atoms with Gasteiger partial charge in [0.2, 0.25) is 10.0 Å². The van der Waals surface area contributed by atoms with Crippen molar-refractivity contribution in [2.45, 2.75) is 11.3 Å². The zero-order valence-corrected chi connectivity index (χ0v) is 10.9. The Balaban J connectivity index is 2.76. The fourth-order valence-corrected chi connectivity index (χ4v) is 2.15. The van der Waals surface area contributed by atoms with E-state index in [2.05, 4.69) is 9.71 Å². The van der Waals surface area contributed by atoms with Gasteiger partial charge in [0.15, 0.2) is 0 Å². The second kappa shape index (κ2) is 5.78. The van der Waals surface area contributed by atoms with Crippen LogP contribution in [0.5, 0.6) is 0 Å². The molecule has 1 aromatic heterocycles. The molecule has 1 rings (SSSR count). The van der Waals surface area contributed by atoms with Gasteiger partial charge in [0, 0.05) is 26.8 Å². The van der Waals surface area contributed by atoms with Gasteiger partial charge in [-0.15, -0.1) is 0 Å². The number of sulfonamides is 1. The topological polar surface area (TPSA) is 99.6 Å². The second-order valence-electron chi connectivity index (χ2n) is 3.79. The highest BCUT2D eigenvalue weighted by atomic mass is 32.2. The van der Waals surface area contributed by atoms with Crippen molar-refractivity contribution in [3.63, 3.8) is 0 Å². The number of aliphatic carboxylic acids is 1. The Kier molecular flexibility index (Phi) is 4.62. The lowest BCUT2D eigenvalue weighted by Gasteiger charge is -2.11. The molecule has 0 aliphatic rings. The predicted octanol–water partition coefficient (Wildman–Crippen LogP) is -0.0994. The number of nitrogens with zero attached hydrogens (tertiary/aromatic N) is 2. The minimum absolute atomic E-state index is 0.0125. The van der Waals surface area contributed by atoms with E-state index in [-0.39, 0.29) is 17.9 Å². The van der Waals surface area contributed by atoms with E-state index in [1.807, 2.05) is 0 Å². The first kappa shape index (κ1) is 14.4. The number of hydrogen-bond donors (Lipinski definition) is 2. The molecule has 0 saturated carbocycles. The molecule has 0 amide bonds. The highest BCUT2D eigenvalue weighted by Crippen LogP contribution is 2.12. The van der Waals surface area contributed by atoms with Gasteiger partial charge in [0.05, 0.1) is 6.42 Å². The highest BCUT2D eigenvalue weighted by Gasteiger charge is 2.14. The monoisotopic (exact) mass is 273 g/mol. The molecule has 0 spiro atoms. The first-order valence-corrected chi connectivity index (χ1v) is 6.66. The van der Waals surface area contributed by atoms with Crippen LogP contribution in [0.2, 0.25) is 0 Å². The summed E-state index contributed by atoms with van der Waals surface area (Å²) in [6.07, 6.45) is 0.973. The van der Waals surface area contributed by atoms with Crippen molar-refractivity contribution >= 4 is 21.8 Å². The molecule has 0 atom stereocenters. The third-order valence-electron chi connectivity index (χ3n) is 2.12. The minimum atomic E-state index is -3.69. The molecule has 0 radical (unpaired) electrons. The smallest absolute Gasteiger partial charge is 0.304 e. The molecule has 1 aromatic rings. The number of carboxylic acids is 1. The van der Waals surface area contributed by atoms with Crippen molar-refractivity contribution in [3.8, 4) is 0 Å². The summed E-state index contributed by atoms with van der Waals surface area (Å²) in [5, 5.41) is 8.43. The maximum atomic E-state index is 11.7. The van der Waals surface area contributed by atoms with Crippen LogP contribution < -0.4 is 9.62 Å². The molecule has 0 bridgehead atoms. The van der Waals surface area contributed by atoms with E-state index >= 15 is 0 Å². The molecule has 0 aromatic carbocycles. The molecule has 0 unspecified atom stereocenters. The number of carboxylic acid groups (broad SMARTS) is 1. The van der Waals surface area contributed by atoms with Crippen molar-refractivity contribution in [3.05, 3.63) is 18.3 Å². The Morgan fingerprint density at radius 2 is 2.11 bits per heavy atom. The number of anilines is 1. The van der Waals surface area contributed by atoms with Gasteiger partial charge >= 0.3 is 5.97 Å². The lowest BCUT2D eigenvalue weighted by atomic mass is 10.4. The first-order valence-electron chi connectivity index (χ1n) is 5.18. The molecule has 1 heterocycles. The van der Waals surface area contributed by atoms with Gasteiger partial charge in [-0.3, -0.25) is 4.79 Å². The maximum absolute atomic E-state index is 11.7. The Morgan fingerprint density at radius 3 is 2.56 bits per heavy atom. The van der Waals surface area contributed by atoms with E-state index in [0.717, 1.165) is 0 Å². The van der Waals surface area contributed by atoms with Crippen LogP contribution in [-0.2, 0) is 14.8 Å². The quantitative estimate of drug-likeness (QED) is 0.751. The normalized spacial score (nSPS) is 11.2. The van der Waals surface area contributed by atoms with Crippen LogP contribution in [0.1, 0.15) is 6.42 Å². The molecule has 0 aliphatic carbocycles. The van der Waals surface area contributed by atoms with E-state index < -0.39 is 16.0 Å². The van der Waals surface area contributed by atoms with Gasteiger partial charge in [-0.25, -0.2) is 18.1 Å². The van der Waals surface area contributed by atoms with E-state index in [4.69, 9.17) is 5.11 Å². The molecular formula is C10H15N3O4S. The van der Waals surface area contributed by atoms with E-state index in [1.165, 1.54) is 12.3 Å². The summed E-state index contributed by atoms with van der Waals surface area (Å²) in [7, 11) is -0.106. The molecule has 2 N–H and O–H groups in total. The summed E-state index contributed by atoms with van der Waals surface area (Å²) >= 11 is 0. The molecule has 8 heteroatoms. The second-order valence-corrected chi connectivity index (χ2v) is 5.55. The van der Waals surface area contributed by atoms with Gasteiger partial charge in [-0.1, -0.05) is 0 Å². The van der Waals surface area contributed by atoms with Gasteiger partial charge in [0.25, 0.3) is 0 Å². The standard InChI is InChI=1S/C10H15N3O4S/c1-13(2)9-4-3-8(7-11-9)18(16,17)12-6-5-10(14)15/h3-4,7,12H,5-6H2,1-2H3,(H,14,15). The largest absolute Gasteiger partial charge is 0.481 e. The van der Waals surface area contributed by atoms with Crippen LogP contribution in [0.15, 0.2) is 23.2 Å². The van der Waals surface area contributed by atoms with Gasteiger partial charge < -0.3 is 10.0 Å². The Bertz CT molecular complexity index is 510. The number of nitrogens with one attached hydrogen (secondary N) is 1. The van der Waals surface area contributed by atoms with E-state index in [0.29, 0.717) is 5.82 Å². The highest BCUT2D eigenvalue weighted by molar-refractivity contribution is 7.89. The summed E-state index contributed by atoms with van der Waals surface area (Å²) < 4.78 is 25.7. The van der Waals surface area contributed by atoms with Crippen LogP contribution in [0.25, 0.3) is 0 Å². The van der Waals surface area contributed by atoms with E-state index in [9.17, 15) is 13.2 Å². The minimum Gasteiger partial charge on any atom is -0.481 e. The fraction of sp³-hybridized carbons (Fsp3) is 0.400. The maximum Gasteiger partial charge on any atom is 0.304 e. The van der Waals surface area contributed by atoms with Crippen LogP contribution >= 0.6 is 0 Å². The van der Waals surface area contributed by atoms with E-state index in [1.54, 1.807) is 25.1 Å². The summed E-state index contributed by atoms with van der Waals surface area (Å²) in [6, 6.07) is 3.00. The molecule has 0 aliphatic heterocycles. The Morgan fingerprint density at radius 1 is 1.44 bits per heavy atom. The van der Waals surface area contributed by atoms with Crippen molar-refractivity contribution in [2.24, 2.45) is 0 Å². The summed E-state index contributed by atoms with van der Waals surface area (Å²) in [6.45, 7) is -0.146. The average molecular weight is 273 g/mol. The van der Waals surface area contributed by atoms with Crippen molar-refractivity contribution in [1.82, 2.24) is 9.71 Å². The van der Waals surface area contributed by atoms with Gasteiger partial charge in [-0.05, 0) is 12.1 Å². The predicted molar refractivity (Wildman–Crippen MR) is 66.0 cm³/mol. The Labute approximate surface area is 106 Å². The van der Waals surface area contributed by atoms with Crippen LogP contribution in [0.4, 0.5) is 5.82 Å². The third-order valence-corrected chi connectivity index (χ3v) is 3.57. The Hall–Kier alpha value is -1.67. The van der Waals surface area contributed by atoms with Crippen LogP contribution in [-0.4, -0.2) is 45.1 Å². The number of carbonyl (C=O) groups is 1. The first-order chi connectivity index (χ1) is 8.33. The number of hydrogen-bond acceptors (Lipinski definition) is 5. The lowest BCUT2D eigenvalue weighted by Crippen LogP contribution is -2.26. The van der Waals surface area contributed by atoms with Crippen molar-refractivity contribution < 1.29 is 18.3 Å². The van der Waals surface area contributed by atoms with Gasteiger partial charge in [0.1, 0.15) is 10.7 Å². The van der Waals surface area contributed by atoms with Crippen molar-refractivity contribution in [1.29, 1.82) is 0 Å². The SMILES string of the molecule is CN(C)c1ccc(S(=O)(=O)NCCC(=O)O)cn1. The van der Waals surface area contributed by atoms with Crippen LogP contribution in [0.3, 0.4) is 0 Å². The molecule has 18 heavy (non-hydrogen) atoms. The molecule has 0 saturated heterocycles. The third kappa shape index (κ3) is 3.97.